The van der Waals surface area contributed by atoms with Crippen LogP contribution in [0.2, 0.25) is 0 Å². The van der Waals surface area contributed by atoms with E-state index in [1.54, 1.807) is 0 Å². The Balaban J connectivity index is 1.19. The molecule has 4 aromatic carbocycles. The highest BCUT2D eigenvalue weighted by Crippen LogP contribution is 2.39. The van der Waals surface area contributed by atoms with E-state index in [1.165, 1.54) is 54.0 Å². The third-order valence-corrected chi connectivity index (χ3v) is 10.1. The lowest BCUT2D eigenvalue weighted by Crippen LogP contribution is -2.16. The van der Waals surface area contributed by atoms with E-state index >= 15 is 0 Å². The molecule has 2 unspecified atom stereocenters. The summed E-state index contributed by atoms with van der Waals surface area (Å²) in [7, 11) is 2.90. The Morgan fingerprint density at radius 2 is 1.47 bits per heavy atom. The topological polar surface area (TPSA) is 61.8 Å². The summed E-state index contributed by atoms with van der Waals surface area (Å²) in [5.74, 6) is 1.60. The van der Waals surface area contributed by atoms with E-state index in [0.29, 0.717) is 30.4 Å². The van der Waals surface area contributed by atoms with Crippen LogP contribution in [0.4, 0.5) is 0 Å². The lowest BCUT2D eigenvalue weighted by molar-refractivity contribution is -0.140. The average Bonchev–Trinajstić information content (AvgIpc) is 3.15. The van der Waals surface area contributed by atoms with Gasteiger partial charge in [0.2, 0.25) is 0 Å². The van der Waals surface area contributed by atoms with Gasteiger partial charge in [-0.3, -0.25) is 4.79 Å². The zero-order valence-electron chi connectivity index (χ0n) is 29.3. The predicted molar refractivity (Wildman–Crippen MR) is 196 cm³/mol. The number of methoxy groups -OCH3 is 2. The minimum atomic E-state index is -0.272. The van der Waals surface area contributed by atoms with Crippen LogP contribution < -0.4 is 4.74 Å². The number of unbranched alkanes of at least 4 members (excludes halogenated alkanes) is 2. The van der Waals surface area contributed by atoms with E-state index in [9.17, 15) is 9.59 Å². The number of rotatable bonds is 18. The Kier molecular flexibility index (Phi) is 13.9. The molecule has 5 nitrogen and oxygen atoms in total. The number of fused-ring (bicyclic) bond motifs is 1. The van der Waals surface area contributed by atoms with Gasteiger partial charge < -0.3 is 14.2 Å². The summed E-state index contributed by atoms with van der Waals surface area (Å²) in [6.45, 7) is 0.548. The van der Waals surface area contributed by atoms with Gasteiger partial charge >= 0.3 is 11.9 Å². The second-order valence-electron chi connectivity index (χ2n) is 13.5. The molecule has 0 saturated carbocycles. The van der Waals surface area contributed by atoms with Gasteiger partial charge in [-0.25, -0.2) is 4.79 Å². The van der Waals surface area contributed by atoms with Crippen molar-refractivity contribution in [2.75, 3.05) is 14.2 Å². The summed E-state index contributed by atoms with van der Waals surface area (Å²) in [6.07, 6.45) is 13.2. The summed E-state index contributed by atoms with van der Waals surface area (Å²) in [5, 5.41) is 0. The van der Waals surface area contributed by atoms with E-state index in [4.69, 9.17) is 14.2 Å². The molecule has 5 rings (SSSR count). The highest BCUT2D eigenvalue weighted by atomic mass is 16.5. The van der Waals surface area contributed by atoms with Crippen LogP contribution in [-0.4, -0.2) is 26.2 Å². The van der Waals surface area contributed by atoms with E-state index in [2.05, 4.69) is 84.9 Å². The van der Waals surface area contributed by atoms with E-state index in [0.717, 1.165) is 76.4 Å². The number of hydrogen-bond donors (Lipinski definition) is 0. The van der Waals surface area contributed by atoms with Gasteiger partial charge in [-0.15, -0.1) is 0 Å². The quantitative estimate of drug-likeness (QED) is 0.0785. The number of esters is 2. The van der Waals surface area contributed by atoms with Crippen molar-refractivity contribution < 1.29 is 23.8 Å². The number of carbonyl (C=O) groups is 2. The number of carbonyl (C=O) groups excluding carboxylic acids is 2. The molecule has 2 atom stereocenters. The first kappa shape index (κ1) is 35.9. The maximum Gasteiger partial charge on any atom is 0.337 e. The van der Waals surface area contributed by atoms with Gasteiger partial charge in [0.1, 0.15) is 12.4 Å². The third kappa shape index (κ3) is 11.1. The van der Waals surface area contributed by atoms with Crippen molar-refractivity contribution in [2.24, 2.45) is 5.92 Å². The summed E-state index contributed by atoms with van der Waals surface area (Å²) in [6, 6.07) is 34.1. The summed E-state index contributed by atoms with van der Waals surface area (Å²) < 4.78 is 16.2. The molecular formula is C44H52O5. The van der Waals surface area contributed by atoms with Gasteiger partial charge in [0.05, 0.1) is 19.8 Å². The number of benzene rings is 4. The molecule has 0 N–H and O–H groups in total. The molecule has 0 bridgehead atoms. The Hall–Kier alpha value is -4.38. The first-order chi connectivity index (χ1) is 24.0. The highest BCUT2D eigenvalue weighted by Gasteiger charge is 2.25. The fraction of sp³-hybridized carbons (Fsp3) is 0.409. The standard InChI is InChI=1S/C44H52O5/c1-47-43(45)19-8-4-7-14-35(30-38-16-11-17-39-31-40(44(46)48-2)28-29-41(38)39)26-27-37-15-9-10-18-42(37)49-32-36-24-22-34(23-25-36)21-20-33-12-5-3-6-13-33/h3,5-6,9-10,12-13,15,18,22-25,28-29,31,35,38H,4,7-8,11,14,16-17,19-21,26-27,30,32H2,1-2H3. The minimum Gasteiger partial charge on any atom is -0.489 e. The van der Waals surface area contributed by atoms with Crippen molar-refractivity contribution in [3.8, 4) is 5.75 Å². The Bertz CT molecular complexity index is 1610. The van der Waals surface area contributed by atoms with E-state index in [-0.39, 0.29) is 11.9 Å². The fourth-order valence-corrected chi connectivity index (χ4v) is 7.28. The maximum atomic E-state index is 12.2. The molecule has 0 heterocycles. The zero-order chi connectivity index (χ0) is 34.3. The van der Waals surface area contributed by atoms with Crippen LogP contribution in [0.25, 0.3) is 0 Å². The summed E-state index contributed by atoms with van der Waals surface area (Å²) in [5.41, 5.74) is 8.46. The molecule has 0 radical (unpaired) electrons. The van der Waals surface area contributed by atoms with Crippen molar-refractivity contribution in [1.29, 1.82) is 0 Å². The first-order valence-electron chi connectivity index (χ1n) is 18.1. The van der Waals surface area contributed by atoms with Crippen molar-refractivity contribution >= 4 is 11.9 Å². The van der Waals surface area contributed by atoms with Crippen LogP contribution in [0.3, 0.4) is 0 Å². The first-order valence-corrected chi connectivity index (χ1v) is 18.1. The lowest BCUT2D eigenvalue weighted by atomic mass is 9.75. The average molecular weight is 661 g/mol. The second kappa shape index (κ2) is 19.0. The molecule has 5 heteroatoms. The van der Waals surface area contributed by atoms with Crippen LogP contribution in [0.15, 0.2) is 97.1 Å². The van der Waals surface area contributed by atoms with E-state index in [1.807, 2.05) is 12.1 Å². The van der Waals surface area contributed by atoms with Crippen LogP contribution in [-0.2, 0) is 46.6 Å². The summed E-state index contributed by atoms with van der Waals surface area (Å²) in [4.78, 5) is 23.8. The van der Waals surface area contributed by atoms with Gasteiger partial charge in [-0.2, -0.15) is 0 Å². The molecule has 1 aliphatic rings. The fourth-order valence-electron chi connectivity index (χ4n) is 7.28. The van der Waals surface area contributed by atoms with Gasteiger partial charge in [0.15, 0.2) is 0 Å². The van der Waals surface area contributed by atoms with Crippen LogP contribution >= 0.6 is 0 Å². The van der Waals surface area contributed by atoms with Crippen molar-refractivity contribution in [3.63, 3.8) is 0 Å². The molecule has 0 amide bonds. The predicted octanol–water partition coefficient (Wildman–Crippen LogP) is 10.0. The number of ether oxygens (including phenoxy) is 3. The number of aryl methyl sites for hydroxylation is 4. The number of hydrogen-bond acceptors (Lipinski definition) is 5. The highest BCUT2D eigenvalue weighted by molar-refractivity contribution is 5.89. The molecule has 4 aromatic rings. The monoisotopic (exact) mass is 660 g/mol. The van der Waals surface area contributed by atoms with Gasteiger partial charge in [-0.1, -0.05) is 98.1 Å². The molecule has 258 valence electrons. The molecule has 0 spiro atoms. The van der Waals surface area contributed by atoms with Gasteiger partial charge in [-0.05, 0) is 121 Å². The van der Waals surface area contributed by atoms with E-state index < -0.39 is 0 Å². The van der Waals surface area contributed by atoms with Gasteiger partial charge in [0, 0.05) is 6.42 Å². The smallest absolute Gasteiger partial charge is 0.337 e. The third-order valence-electron chi connectivity index (χ3n) is 10.1. The molecule has 49 heavy (non-hydrogen) atoms. The Morgan fingerprint density at radius 1 is 0.735 bits per heavy atom. The molecule has 0 fully saturated rings. The zero-order valence-corrected chi connectivity index (χ0v) is 29.3. The van der Waals surface area contributed by atoms with Crippen molar-refractivity contribution in [3.05, 3.63) is 136 Å². The molecule has 0 aliphatic heterocycles. The lowest BCUT2D eigenvalue weighted by Gasteiger charge is -2.30. The van der Waals surface area contributed by atoms with Crippen molar-refractivity contribution in [1.82, 2.24) is 0 Å². The largest absolute Gasteiger partial charge is 0.489 e. The van der Waals surface area contributed by atoms with Crippen LogP contribution in [0.1, 0.15) is 107 Å². The molecule has 1 aliphatic carbocycles. The van der Waals surface area contributed by atoms with Crippen LogP contribution in [0, 0.1) is 5.92 Å². The van der Waals surface area contributed by atoms with Gasteiger partial charge in [0.25, 0.3) is 0 Å². The molecular weight excluding hydrogens is 608 g/mol. The normalized spacial score (nSPS) is 14.4. The molecule has 0 aromatic heterocycles. The number of para-hydroxylation sites is 1. The molecule has 0 saturated heterocycles. The maximum absolute atomic E-state index is 12.2. The second-order valence-corrected chi connectivity index (χ2v) is 13.5. The summed E-state index contributed by atoms with van der Waals surface area (Å²) >= 11 is 0. The van der Waals surface area contributed by atoms with Crippen molar-refractivity contribution in [2.45, 2.75) is 96.0 Å². The SMILES string of the molecule is COC(=O)CCCCCC(CCc1ccccc1OCc1ccc(CCc2ccccc2)cc1)CC1CCCc2cc(C(=O)OC)ccc21. The minimum absolute atomic E-state index is 0.128. The Morgan fingerprint density at radius 3 is 2.24 bits per heavy atom. The Labute approximate surface area is 293 Å². The van der Waals surface area contributed by atoms with Crippen LogP contribution in [0.5, 0.6) is 5.75 Å².